The normalized spacial score (nSPS) is 12.8. The van der Waals surface area contributed by atoms with Gasteiger partial charge in [-0.15, -0.1) is 0 Å². The third-order valence-electron chi connectivity index (χ3n) is 14.1. The number of para-hydroxylation sites is 3. The van der Waals surface area contributed by atoms with Gasteiger partial charge in [0.2, 0.25) is 0 Å². The van der Waals surface area contributed by atoms with Crippen LogP contribution in [-0.4, -0.2) is 4.57 Å². The van der Waals surface area contributed by atoms with Gasteiger partial charge in [-0.05, 0) is 129 Å². The Hall–Kier alpha value is -8.40. The number of aromatic nitrogens is 1. The molecule has 0 spiro atoms. The molecule has 66 heavy (non-hydrogen) atoms. The fourth-order valence-corrected chi connectivity index (χ4v) is 11.1. The van der Waals surface area contributed by atoms with Crippen LogP contribution in [0, 0.1) is 0 Å². The molecular formula is C63H45N3. The van der Waals surface area contributed by atoms with E-state index in [9.17, 15) is 0 Å². The van der Waals surface area contributed by atoms with Crippen molar-refractivity contribution in [2.75, 3.05) is 9.80 Å². The van der Waals surface area contributed by atoms with Gasteiger partial charge in [0.25, 0.3) is 0 Å². The number of anilines is 6. The SMILES string of the molecule is CC1(C)c2cc(N(c3ccc(N(c4ccccc4)c4ccccc4)cc3)c3cccc4ccccc34)ccc2-c2ccc(-n3c4ccccc4c4c5ccccc5c5ccccc5c43)cc21. The predicted octanol–water partition coefficient (Wildman–Crippen LogP) is 17.5. The maximum absolute atomic E-state index is 2.52. The molecule has 312 valence electrons. The van der Waals surface area contributed by atoms with Crippen molar-refractivity contribution in [1.82, 2.24) is 4.57 Å². The van der Waals surface area contributed by atoms with Gasteiger partial charge in [0.1, 0.15) is 0 Å². The van der Waals surface area contributed by atoms with Gasteiger partial charge in [-0.2, -0.15) is 0 Å². The quantitative estimate of drug-likeness (QED) is 0.148. The van der Waals surface area contributed by atoms with Gasteiger partial charge in [0, 0.05) is 61.1 Å². The fraction of sp³-hybridized carbons (Fsp3) is 0.0476. The molecule has 1 aromatic heterocycles. The summed E-state index contributed by atoms with van der Waals surface area (Å²) < 4.78 is 2.52. The Morgan fingerprint density at radius 1 is 0.348 bits per heavy atom. The van der Waals surface area contributed by atoms with E-state index in [1.165, 1.54) is 82.1 Å². The molecule has 13 rings (SSSR count). The molecule has 11 aromatic carbocycles. The lowest BCUT2D eigenvalue weighted by Crippen LogP contribution is -2.17. The first-order valence-corrected chi connectivity index (χ1v) is 22.9. The Kier molecular flexibility index (Phi) is 8.56. The Morgan fingerprint density at radius 3 is 1.53 bits per heavy atom. The summed E-state index contributed by atoms with van der Waals surface area (Å²) in [6, 6.07) is 86.7. The van der Waals surface area contributed by atoms with E-state index >= 15 is 0 Å². The minimum Gasteiger partial charge on any atom is -0.311 e. The Balaban J connectivity index is 0.960. The summed E-state index contributed by atoms with van der Waals surface area (Å²) in [5, 5.41) is 10.1. The summed E-state index contributed by atoms with van der Waals surface area (Å²) in [5.41, 5.74) is 15.3. The van der Waals surface area contributed by atoms with Crippen molar-refractivity contribution >= 4 is 88.2 Å². The van der Waals surface area contributed by atoms with Crippen LogP contribution in [0.15, 0.2) is 237 Å². The van der Waals surface area contributed by atoms with Crippen molar-refractivity contribution in [2.24, 2.45) is 0 Å². The highest BCUT2D eigenvalue weighted by Crippen LogP contribution is 2.53. The second kappa shape index (κ2) is 14.8. The van der Waals surface area contributed by atoms with Gasteiger partial charge in [0.15, 0.2) is 0 Å². The molecule has 0 fully saturated rings. The zero-order valence-corrected chi connectivity index (χ0v) is 36.9. The zero-order chi connectivity index (χ0) is 43.9. The smallest absolute Gasteiger partial charge is 0.0625 e. The molecule has 0 saturated carbocycles. The zero-order valence-electron chi connectivity index (χ0n) is 36.9. The van der Waals surface area contributed by atoms with Crippen LogP contribution < -0.4 is 9.80 Å². The second-order valence-electron chi connectivity index (χ2n) is 18.1. The number of hydrogen-bond acceptors (Lipinski definition) is 2. The molecule has 12 aromatic rings. The summed E-state index contributed by atoms with van der Waals surface area (Å²) in [6.45, 7) is 4.80. The van der Waals surface area contributed by atoms with Crippen LogP contribution in [0.25, 0.3) is 70.9 Å². The minimum absolute atomic E-state index is 0.273. The molecule has 1 aliphatic rings. The highest BCUT2D eigenvalue weighted by atomic mass is 15.2. The molecule has 1 aliphatic carbocycles. The van der Waals surface area contributed by atoms with Gasteiger partial charge in [-0.25, -0.2) is 0 Å². The summed E-state index contributed by atoms with van der Waals surface area (Å²) >= 11 is 0. The molecule has 0 aliphatic heterocycles. The van der Waals surface area contributed by atoms with E-state index < -0.39 is 0 Å². The fourth-order valence-electron chi connectivity index (χ4n) is 11.1. The number of hydrogen-bond donors (Lipinski definition) is 0. The van der Waals surface area contributed by atoms with E-state index in [4.69, 9.17) is 0 Å². The van der Waals surface area contributed by atoms with Gasteiger partial charge >= 0.3 is 0 Å². The van der Waals surface area contributed by atoms with E-state index in [1.54, 1.807) is 0 Å². The molecule has 0 N–H and O–H groups in total. The molecule has 0 saturated heterocycles. The van der Waals surface area contributed by atoms with Crippen molar-refractivity contribution in [3.8, 4) is 16.8 Å². The Labute approximate surface area is 384 Å². The van der Waals surface area contributed by atoms with Gasteiger partial charge in [-0.1, -0.05) is 166 Å². The predicted molar refractivity (Wildman–Crippen MR) is 280 cm³/mol. The molecule has 0 radical (unpaired) electrons. The summed E-state index contributed by atoms with van der Waals surface area (Å²) in [5.74, 6) is 0. The Morgan fingerprint density at radius 2 is 0.833 bits per heavy atom. The highest BCUT2D eigenvalue weighted by molar-refractivity contribution is 6.32. The molecule has 0 atom stereocenters. The van der Waals surface area contributed by atoms with Crippen LogP contribution in [0.2, 0.25) is 0 Å². The third-order valence-corrected chi connectivity index (χ3v) is 14.1. The number of fused-ring (bicyclic) bond motifs is 12. The van der Waals surface area contributed by atoms with E-state index in [1.807, 2.05) is 0 Å². The molecule has 3 heteroatoms. The van der Waals surface area contributed by atoms with Crippen molar-refractivity contribution < 1.29 is 0 Å². The Bertz CT molecular complexity index is 3800. The van der Waals surface area contributed by atoms with Crippen molar-refractivity contribution in [1.29, 1.82) is 0 Å². The summed E-state index contributed by atoms with van der Waals surface area (Å²) in [7, 11) is 0. The van der Waals surface area contributed by atoms with E-state index in [2.05, 4.69) is 265 Å². The van der Waals surface area contributed by atoms with Crippen LogP contribution in [0.5, 0.6) is 0 Å². The average Bonchev–Trinajstić information content (AvgIpc) is 3.84. The first kappa shape index (κ1) is 38.1. The maximum Gasteiger partial charge on any atom is 0.0625 e. The minimum atomic E-state index is -0.273. The lowest BCUT2D eigenvalue weighted by molar-refractivity contribution is 0.660. The van der Waals surface area contributed by atoms with Crippen LogP contribution in [0.3, 0.4) is 0 Å². The van der Waals surface area contributed by atoms with Crippen LogP contribution in [-0.2, 0) is 5.41 Å². The number of benzene rings is 11. The first-order chi connectivity index (χ1) is 32.5. The molecule has 3 nitrogen and oxygen atoms in total. The van der Waals surface area contributed by atoms with Crippen LogP contribution >= 0.6 is 0 Å². The lowest BCUT2D eigenvalue weighted by Gasteiger charge is -2.30. The van der Waals surface area contributed by atoms with Crippen molar-refractivity contribution in [3.05, 3.63) is 248 Å². The maximum atomic E-state index is 2.52. The average molecular weight is 844 g/mol. The van der Waals surface area contributed by atoms with Gasteiger partial charge in [-0.3, -0.25) is 0 Å². The van der Waals surface area contributed by atoms with Crippen molar-refractivity contribution in [3.63, 3.8) is 0 Å². The molecular weight excluding hydrogens is 799 g/mol. The molecule has 1 heterocycles. The number of nitrogens with zero attached hydrogens (tertiary/aromatic N) is 3. The van der Waals surface area contributed by atoms with Crippen LogP contribution in [0.1, 0.15) is 25.0 Å². The van der Waals surface area contributed by atoms with Crippen molar-refractivity contribution in [2.45, 2.75) is 19.3 Å². The van der Waals surface area contributed by atoms with E-state index in [-0.39, 0.29) is 5.41 Å². The standard InChI is InChI=1S/C63H45N3/c1-63(2)57-40-47(65(59-31-17-19-42-18-9-10-24-49(42)59)46-34-32-45(33-35-46)64(43-20-5-3-6-21-43)44-22-7-4-8-23-44)36-38-52(57)53-39-37-48(41-58(53)63)66-60-30-16-15-29-56(60)61-54-27-13-11-25-50(54)51-26-12-14-28-55(51)62(61)66/h3-41H,1-2H3. The summed E-state index contributed by atoms with van der Waals surface area (Å²) in [6.07, 6.45) is 0. The number of rotatable bonds is 7. The summed E-state index contributed by atoms with van der Waals surface area (Å²) in [4.78, 5) is 4.76. The highest BCUT2D eigenvalue weighted by Gasteiger charge is 2.37. The van der Waals surface area contributed by atoms with E-state index in [0.717, 1.165) is 34.1 Å². The largest absolute Gasteiger partial charge is 0.311 e. The molecule has 0 unspecified atom stereocenters. The van der Waals surface area contributed by atoms with Gasteiger partial charge < -0.3 is 14.4 Å². The first-order valence-electron chi connectivity index (χ1n) is 22.9. The second-order valence-corrected chi connectivity index (χ2v) is 18.1. The molecule has 0 amide bonds. The monoisotopic (exact) mass is 843 g/mol. The molecule has 0 bridgehead atoms. The third kappa shape index (κ3) is 5.76. The topological polar surface area (TPSA) is 11.4 Å². The van der Waals surface area contributed by atoms with Crippen LogP contribution in [0.4, 0.5) is 34.1 Å². The lowest BCUT2D eigenvalue weighted by atomic mass is 9.82. The van der Waals surface area contributed by atoms with E-state index in [0.29, 0.717) is 0 Å². The van der Waals surface area contributed by atoms with Gasteiger partial charge in [0.05, 0.1) is 16.7 Å².